The summed E-state index contributed by atoms with van der Waals surface area (Å²) in [4.78, 5) is 6.37. The van der Waals surface area contributed by atoms with Crippen molar-refractivity contribution in [3.8, 4) is 0 Å². The van der Waals surface area contributed by atoms with Crippen LogP contribution < -0.4 is 4.90 Å². The average Bonchev–Trinajstić information content (AvgIpc) is 2.90. The molecule has 12 heavy (non-hydrogen) atoms. The van der Waals surface area contributed by atoms with Crippen LogP contribution in [0.15, 0.2) is 24.5 Å². The zero-order chi connectivity index (χ0) is 8.39. The van der Waals surface area contributed by atoms with Gasteiger partial charge in [0.15, 0.2) is 0 Å². The Balaban J connectivity index is 1.98. The highest BCUT2D eigenvalue weighted by Crippen LogP contribution is 2.30. The molecule has 2 heteroatoms. The lowest BCUT2D eigenvalue weighted by molar-refractivity contribution is 0.786. The van der Waals surface area contributed by atoms with E-state index in [1.54, 1.807) is 0 Å². The van der Waals surface area contributed by atoms with Crippen molar-refractivity contribution in [3.05, 3.63) is 24.5 Å². The SMILES string of the molecule is CN(CC1CC1)c1cccnc1. The van der Waals surface area contributed by atoms with Crippen molar-refractivity contribution < 1.29 is 0 Å². The van der Waals surface area contributed by atoms with E-state index >= 15 is 0 Å². The quantitative estimate of drug-likeness (QED) is 0.675. The average molecular weight is 162 g/mol. The van der Waals surface area contributed by atoms with E-state index in [2.05, 4.69) is 23.0 Å². The Bertz CT molecular complexity index is 241. The van der Waals surface area contributed by atoms with E-state index in [1.807, 2.05) is 18.5 Å². The van der Waals surface area contributed by atoms with Crippen molar-refractivity contribution in [2.45, 2.75) is 12.8 Å². The molecule has 1 aromatic rings. The highest BCUT2D eigenvalue weighted by Gasteiger charge is 2.22. The Morgan fingerprint density at radius 3 is 3.00 bits per heavy atom. The normalized spacial score (nSPS) is 16.1. The molecule has 0 bridgehead atoms. The molecule has 0 aromatic carbocycles. The molecule has 64 valence electrons. The molecule has 1 aromatic heterocycles. The minimum atomic E-state index is 0.940. The number of aromatic nitrogens is 1. The van der Waals surface area contributed by atoms with Crippen LogP contribution in [-0.4, -0.2) is 18.6 Å². The Kier molecular flexibility index (Phi) is 1.98. The Morgan fingerprint density at radius 2 is 2.42 bits per heavy atom. The predicted octanol–water partition coefficient (Wildman–Crippen LogP) is 1.93. The molecule has 0 spiro atoms. The largest absolute Gasteiger partial charge is 0.373 e. The first-order valence-corrected chi connectivity index (χ1v) is 4.47. The fourth-order valence-electron chi connectivity index (χ4n) is 1.37. The maximum atomic E-state index is 4.09. The predicted molar refractivity (Wildman–Crippen MR) is 50.2 cm³/mol. The van der Waals surface area contributed by atoms with E-state index in [0.717, 1.165) is 5.92 Å². The van der Waals surface area contributed by atoms with E-state index in [0.29, 0.717) is 0 Å². The van der Waals surface area contributed by atoms with Gasteiger partial charge in [-0.3, -0.25) is 4.98 Å². The van der Waals surface area contributed by atoms with Crippen LogP contribution in [0.2, 0.25) is 0 Å². The van der Waals surface area contributed by atoms with Gasteiger partial charge in [0.2, 0.25) is 0 Å². The molecule has 1 aliphatic rings. The Morgan fingerprint density at radius 1 is 1.58 bits per heavy atom. The second kappa shape index (κ2) is 3.13. The molecule has 0 N–H and O–H groups in total. The smallest absolute Gasteiger partial charge is 0.0550 e. The molecule has 1 fully saturated rings. The molecule has 1 heterocycles. The third kappa shape index (κ3) is 1.76. The molecule has 1 aliphatic carbocycles. The van der Waals surface area contributed by atoms with Crippen molar-refractivity contribution in [2.75, 3.05) is 18.5 Å². The van der Waals surface area contributed by atoms with Crippen LogP contribution in [0.3, 0.4) is 0 Å². The summed E-state index contributed by atoms with van der Waals surface area (Å²) in [5.41, 5.74) is 1.23. The third-order valence-electron chi connectivity index (χ3n) is 2.32. The standard InChI is InChI=1S/C10H14N2/c1-12(8-9-4-5-9)10-3-2-6-11-7-10/h2-3,6-7,9H,4-5,8H2,1H3. The maximum absolute atomic E-state index is 4.09. The van der Waals surface area contributed by atoms with Crippen LogP contribution in [0, 0.1) is 5.92 Å². The van der Waals surface area contributed by atoms with Crippen LogP contribution >= 0.6 is 0 Å². The van der Waals surface area contributed by atoms with Crippen LogP contribution in [-0.2, 0) is 0 Å². The Hall–Kier alpha value is -1.05. The van der Waals surface area contributed by atoms with Gasteiger partial charge in [-0.2, -0.15) is 0 Å². The summed E-state index contributed by atoms with van der Waals surface area (Å²) >= 11 is 0. The van der Waals surface area contributed by atoms with Gasteiger partial charge in [0.05, 0.1) is 11.9 Å². The second-order valence-corrected chi connectivity index (χ2v) is 3.54. The van der Waals surface area contributed by atoms with Crippen molar-refractivity contribution in [1.82, 2.24) is 4.98 Å². The molecule has 0 saturated heterocycles. The van der Waals surface area contributed by atoms with Gasteiger partial charge in [0.25, 0.3) is 0 Å². The summed E-state index contributed by atoms with van der Waals surface area (Å²) in [6.07, 6.45) is 6.55. The highest BCUT2D eigenvalue weighted by molar-refractivity contribution is 5.42. The van der Waals surface area contributed by atoms with Gasteiger partial charge in [0, 0.05) is 19.8 Å². The second-order valence-electron chi connectivity index (χ2n) is 3.54. The van der Waals surface area contributed by atoms with Gasteiger partial charge in [-0.15, -0.1) is 0 Å². The van der Waals surface area contributed by atoms with E-state index in [9.17, 15) is 0 Å². The number of rotatable bonds is 3. The number of hydrogen-bond acceptors (Lipinski definition) is 2. The molecule has 2 nitrogen and oxygen atoms in total. The summed E-state index contributed by atoms with van der Waals surface area (Å²) in [6, 6.07) is 4.09. The zero-order valence-electron chi connectivity index (χ0n) is 7.40. The summed E-state index contributed by atoms with van der Waals surface area (Å²) in [5.74, 6) is 0.940. The van der Waals surface area contributed by atoms with Gasteiger partial charge in [0.1, 0.15) is 0 Å². The number of anilines is 1. The summed E-state index contributed by atoms with van der Waals surface area (Å²) in [5, 5.41) is 0. The summed E-state index contributed by atoms with van der Waals surface area (Å²) < 4.78 is 0. The molecule has 0 aliphatic heterocycles. The van der Waals surface area contributed by atoms with Gasteiger partial charge >= 0.3 is 0 Å². The molecule has 0 radical (unpaired) electrons. The summed E-state index contributed by atoms with van der Waals surface area (Å²) in [7, 11) is 2.13. The zero-order valence-corrected chi connectivity index (χ0v) is 7.40. The van der Waals surface area contributed by atoms with E-state index < -0.39 is 0 Å². The van der Waals surface area contributed by atoms with E-state index in [4.69, 9.17) is 0 Å². The highest BCUT2D eigenvalue weighted by atomic mass is 15.1. The van der Waals surface area contributed by atoms with Crippen molar-refractivity contribution in [3.63, 3.8) is 0 Å². The van der Waals surface area contributed by atoms with E-state index in [1.165, 1.54) is 25.1 Å². The number of nitrogens with zero attached hydrogens (tertiary/aromatic N) is 2. The number of pyridine rings is 1. The topological polar surface area (TPSA) is 16.1 Å². The van der Waals surface area contributed by atoms with Gasteiger partial charge < -0.3 is 4.90 Å². The summed E-state index contributed by atoms with van der Waals surface area (Å²) in [6.45, 7) is 1.19. The first kappa shape index (κ1) is 7.59. The molecule has 2 rings (SSSR count). The molecule has 0 unspecified atom stereocenters. The van der Waals surface area contributed by atoms with Crippen LogP contribution in [0.4, 0.5) is 5.69 Å². The fraction of sp³-hybridized carbons (Fsp3) is 0.500. The van der Waals surface area contributed by atoms with Crippen LogP contribution in [0.25, 0.3) is 0 Å². The minimum absolute atomic E-state index is 0.940. The lowest BCUT2D eigenvalue weighted by atomic mass is 10.3. The van der Waals surface area contributed by atoms with Crippen molar-refractivity contribution in [2.24, 2.45) is 5.92 Å². The van der Waals surface area contributed by atoms with Gasteiger partial charge in [-0.25, -0.2) is 0 Å². The third-order valence-corrected chi connectivity index (χ3v) is 2.32. The van der Waals surface area contributed by atoms with Crippen LogP contribution in [0.5, 0.6) is 0 Å². The first-order valence-electron chi connectivity index (χ1n) is 4.47. The monoisotopic (exact) mass is 162 g/mol. The van der Waals surface area contributed by atoms with Crippen molar-refractivity contribution >= 4 is 5.69 Å². The molecule has 0 atom stereocenters. The minimum Gasteiger partial charge on any atom is -0.373 e. The lowest BCUT2D eigenvalue weighted by Crippen LogP contribution is -2.19. The first-order chi connectivity index (χ1) is 5.86. The molecule has 0 amide bonds. The van der Waals surface area contributed by atoms with Gasteiger partial charge in [-0.05, 0) is 30.9 Å². The molecular formula is C10H14N2. The molecule has 1 saturated carbocycles. The van der Waals surface area contributed by atoms with E-state index in [-0.39, 0.29) is 0 Å². The van der Waals surface area contributed by atoms with Gasteiger partial charge in [-0.1, -0.05) is 0 Å². The molecular weight excluding hydrogens is 148 g/mol. The van der Waals surface area contributed by atoms with Crippen molar-refractivity contribution in [1.29, 1.82) is 0 Å². The maximum Gasteiger partial charge on any atom is 0.0550 e. The van der Waals surface area contributed by atoms with Crippen LogP contribution in [0.1, 0.15) is 12.8 Å². The number of hydrogen-bond donors (Lipinski definition) is 0. The Labute approximate surface area is 73.2 Å². The lowest BCUT2D eigenvalue weighted by Gasteiger charge is -2.17. The fourth-order valence-corrected chi connectivity index (χ4v) is 1.37.